The van der Waals surface area contributed by atoms with Crippen molar-refractivity contribution in [3.8, 4) is 0 Å². The summed E-state index contributed by atoms with van der Waals surface area (Å²) in [4.78, 5) is 12.0. The van der Waals surface area contributed by atoms with E-state index in [0.29, 0.717) is 0 Å². The number of hydrogen-bond acceptors (Lipinski definition) is 2. The fourth-order valence-corrected chi connectivity index (χ4v) is 1.66. The fourth-order valence-electron chi connectivity index (χ4n) is 1.66. The van der Waals surface area contributed by atoms with Crippen molar-refractivity contribution in [3.63, 3.8) is 0 Å². The minimum atomic E-state index is -0.392. The van der Waals surface area contributed by atoms with Crippen molar-refractivity contribution >= 4 is 5.78 Å². The van der Waals surface area contributed by atoms with Crippen LogP contribution in [0.5, 0.6) is 0 Å². The van der Waals surface area contributed by atoms with Crippen LogP contribution in [0, 0.1) is 5.92 Å². The van der Waals surface area contributed by atoms with Crippen molar-refractivity contribution in [1.29, 1.82) is 0 Å². The van der Waals surface area contributed by atoms with Gasteiger partial charge in [-0.2, -0.15) is 0 Å². The summed E-state index contributed by atoms with van der Waals surface area (Å²) in [6, 6.07) is 7.42. The third-order valence-corrected chi connectivity index (χ3v) is 2.77. The summed E-state index contributed by atoms with van der Waals surface area (Å²) in [7, 11) is 0. The van der Waals surface area contributed by atoms with E-state index in [2.05, 4.69) is 13.0 Å². The average molecular weight is 219 g/mol. The van der Waals surface area contributed by atoms with Crippen LogP contribution in [-0.4, -0.2) is 11.8 Å². The molecule has 1 unspecified atom stereocenters. The van der Waals surface area contributed by atoms with E-state index >= 15 is 0 Å². The van der Waals surface area contributed by atoms with Crippen LogP contribution in [0.2, 0.25) is 0 Å². The summed E-state index contributed by atoms with van der Waals surface area (Å²) in [6.45, 7) is 6.07. The molecule has 1 atom stereocenters. The van der Waals surface area contributed by atoms with E-state index in [9.17, 15) is 4.79 Å². The molecule has 0 spiro atoms. The van der Waals surface area contributed by atoms with Crippen LogP contribution in [0.15, 0.2) is 24.3 Å². The first-order chi connectivity index (χ1) is 7.56. The Hall–Kier alpha value is -1.15. The van der Waals surface area contributed by atoms with E-state index in [4.69, 9.17) is 5.73 Å². The molecule has 16 heavy (non-hydrogen) atoms. The molecule has 0 aromatic heterocycles. The Bertz CT molecular complexity index is 358. The molecule has 0 aliphatic carbocycles. The summed E-state index contributed by atoms with van der Waals surface area (Å²) < 4.78 is 0. The Morgan fingerprint density at radius 3 is 2.62 bits per heavy atom. The summed E-state index contributed by atoms with van der Waals surface area (Å²) in [6.07, 6.45) is 2.10. The minimum absolute atomic E-state index is 0.0490. The van der Waals surface area contributed by atoms with E-state index in [1.54, 1.807) is 0 Å². The zero-order valence-corrected chi connectivity index (χ0v) is 10.4. The van der Waals surface area contributed by atoms with Crippen LogP contribution >= 0.6 is 0 Å². The zero-order chi connectivity index (χ0) is 12.1. The van der Waals surface area contributed by atoms with Gasteiger partial charge in [0.25, 0.3) is 0 Å². The van der Waals surface area contributed by atoms with Crippen molar-refractivity contribution in [2.75, 3.05) is 0 Å². The summed E-state index contributed by atoms with van der Waals surface area (Å²) in [5.74, 6) is 0.232. The average Bonchev–Trinajstić information content (AvgIpc) is 2.28. The van der Waals surface area contributed by atoms with Gasteiger partial charge in [0.05, 0.1) is 6.04 Å². The monoisotopic (exact) mass is 219 g/mol. The molecule has 0 bridgehead atoms. The van der Waals surface area contributed by atoms with Crippen molar-refractivity contribution in [3.05, 3.63) is 35.4 Å². The maximum Gasteiger partial charge on any atom is 0.179 e. The second-order valence-electron chi connectivity index (χ2n) is 4.58. The van der Waals surface area contributed by atoms with E-state index in [1.807, 2.05) is 32.0 Å². The Balaban J connectivity index is 2.87. The topological polar surface area (TPSA) is 43.1 Å². The first kappa shape index (κ1) is 12.9. The Kier molecular flexibility index (Phi) is 4.69. The number of carbonyl (C=O) groups is 1. The van der Waals surface area contributed by atoms with Crippen molar-refractivity contribution in [2.45, 2.75) is 39.7 Å². The first-order valence-corrected chi connectivity index (χ1v) is 5.95. The molecule has 0 aliphatic rings. The number of carbonyl (C=O) groups excluding carboxylic acids is 1. The molecule has 0 fully saturated rings. The smallest absolute Gasteiger partial charge is 0.179 e. The van der Waals surface area contributed by atoms with Gasteiger partial charge in [-0.1, -0.05) is 45.4 Å². The SMILES string of the molecule is CCCc1cccc(C(=O)C(N)C(C)C)c1. The van der Waals surface area contributed by atoms with Gasteiger partial charge in [-0.25, -0.2) is 0 Å². The lowest BCUT2D eigenvalue weighted by Crippen LogP contribution is -2.35. The lowest BCUT2D eigenvalue weighted by atomic mass is 9.94. The third-order valence-electron chi connectivity index (χ3n) is 2.77. The highest BCUT2D eigenvalue weighted by Crippen LogP contribution is 2.12. The van der Waals surface area contributed by atoms with Crippen LogP contribution in [0.3, 0.4) is 0 Å². The van der Waals surface area contributed by atoms with Crippen molar-refractivity contribution in [1.82, 2.24) is 0 Å². The number of hydrogen-bond donors (Lipinski definition) is 1. The third kappa shape index (κ3) is 3.17. The standard InChI is InChI=1S/C14H21NO/c1-4-6-11-7-5-8-12(9-11)14(16)13(15)10(2)3/h5,7-10,13H,4,6,15H2,1-3H3. The maximum absolute atomic E-state index is 12.0. The van der Waals surface area contributed by atoms with E-state index in [0.717, 1.165) is 18.4 Å². The van der Waals surface area contributed by atoms with Gasteiger partial charge in [0.1, 0.15) is 0 Å². The van der Waals surface area contributed by atoms with Gasteiger partial charge in [0, 0.05) is 5.56 Å². The minimum Gasteiger partial charge on any atom is -0.321 e. The zero-order valence-electron chi connectivity index (χ0n) is 10.4. The molecule has 0 amide bonds. The Morgan fingerprint density at radius 2 is 2.06 bits per heavy atom. The number of ketones is 1. The lowest BCUT2D eigenvalue weighted by molar-refractivity contribution is 0.0940. The van der Waals surface area contributed by atoms with Gasteiger partial charge in [-0.3, -0.25) is 4.79 Å². The normalized spacial score (nSPS) is 12.8. The van der Waals surface area contributed by atoms with E-state index in [1.165, 1.54) is 5.56 Å². The second kappa shape index (κ2) is 5.80. The van der Waals surface area contributed by atoms with Crippen LogP contribution in [0.1, 0.15) is 43.1 Å². The molecule has 2 N–H and O–H groups in total. The molecule has 0 aliphatic heterocycles. The highest BCUT2D eigenvalue weighted by Gasteiger charge is 2.18. The molecular formula is C14H21NO. The van der Waals surface area contributed by atoms with Gasteiger partial charge in [0.15, 0.2) is 5.78 Å². The quantitative estimate of drug-likeness (QED) is 0.774. The number of aryl methyl sites for hydroxylation is 1. The predicted octanol–water partition coefficient (Wildman–Crippen LogP) is 2.81. The van der Waals surface area contributed by atoms with Gasteiger partial charge in [-0.15, -0.1) is 0 Å². The molecule has 0 saturated carbocycles. The largest absolute Gasteiger partial charge is 0.321 e. The maximum atomic E-state index is 12.0. The number of rotatable bonds is 5. The number of nitrogens with two attached hydrogens (primary N) is 1. The number of benzene rings is 1. The molecule has 0 saturated heterocycles. The van der Waals surface area contributed by atoms with Crippen molar-refractivity contribution in [2.24, 2.45) is 11.7 Å². The molecule has 0 radical (unpaired) electrons. The first-order valence-electron chi connectivity index (χ1n) is 5.95. The predicted molar refractivity (Wildman–Crippen MR) is 67.6 cm³/mol. The van der Waals surface area contributed by atoms with Crippen LogP contribution in [0.25, 0.3) is 0 Å². The number of Topliss-reactive ketones (excluding diaryl/α,β-unsaturated/α-hetero) is 1. The van der Waals surface area contributed by atoms with Gasteiger partial charge in [0.2, 0.25) is 0 Å². The van der Waals surface area contributed by atoms with Gasteiger partial charge in [-0.05, 0) is 24.0 Å². The Morgan fingerprint density at radius 1 is 1.38 bits per heavy atom. The molecule has 1 aromatic rings. The second-order valence-corrected chi connectivity index (χ2v) is 4.58. The summed E-state index contributed by atoms with van der Waals surface area (Å²) in [5.41, 5.74) is 7.82. The molecule has 0 heterocycles. The lowest BCUT2D eigenvalue weighted by Gasteiger charge is -2.14. The van der Waals surface area contributed by atoms with Crippen LogP contribution in [-0.2, 0) is 6.42 Å². The van der Waals surface area contributed by atoms with Gasteiger partial charge >= 0.3 is 0 Å². The molecular weight excluding hydrogens is 198 g/mol. The van der Waals surface area contributed by atoms with Gasteiger partial charge < -0.3 is 5.73 Å². The summed E-state index contributed by atoms with van der Waals surface area (Å²) >= 11 is 0. The molecule has 2 nitrogen and oxygen atoms in total. The van der Waals surface area contributed by atoms with E-state index < -0.39 is 6.04 Å². The highest BCUT2D eigenvalue weighted by molar-refractivity contribution is 6.00. The molecule has 1 aromatic carbocycles. The highest BCUT2D eigenvalue weighted by atomic mass is 16.1. The van der Waals surface area contributed by atoms with Crippen LogP contribution in [0.4, 0.5) is 0 Å². The van der Waals surface area contributed by atoms with Crippen LogP contribution < -0.4 is 5.73 Å². The molecule has 1 rings (SSSR count). The molecule has 88 valence electrons. The summed E-state index contributed by atoms with van der Waals surface area (Å²) in [5, 5.41) is 0. The fraction of sp³-hybridized carbons (Fsp3) is 0.500. The Labute approximate surface area is 97.9 Å². The van der Waals surface area contributed by atoms with E-state index in [-0.39, 0.29) is 11.7 Å². The molecule has 2 heteroatoms. The van der Waals surface area contributed by atoms with Crippen molar-refractivity contribution < 1.29 is 4.79 Å².